The number of aromatic nitrogens is 1. The number of thiocarbonyl (C=S) groups is 1. The maximum atomic E-state index is 12.9. The average Bonchev–Trinajstić information content (AvgIpc) is 2.67. The lowest BCUT2D eigenvalue weighted by atomic mass is 9.88. The van der Waals surface area contributed by atoms with Gasteiger partial charge in [-0.3, -0.25) is 9.78 Å². The molecule has 1 aromatic carbocycles. The van der Waals surface area contributed by atoms with Gasteiger partial charge in [-0.1, -0.05) is 41.6 Å². The highest BCUT2D eigenvalue weighted by Crippen LogP contribution is 2.29. The molecule has 1 aromatic heterocycles. The number of para-hydroxylation sites is 1. The summed E-state index contributed by atoms with van der Waals surface area (Å²) in [5, 5.41) is 6.64. The van der Waals surface area contributed by atoms with Crippen LogP contribution in [0.15, 0.2) is 77.3 Å². The molecule has 2 N–H and O–H groups in total. The number of allylic oxidation sites excluding steroid dienone is 2. The fourth-order valence-corrected chi connectivity index (χ4v) is 3.36. The molecule has 0 unspecified atom stereocenters. The lowest BCUT2D eigenvalue weighted by molar-refractivity contribution is -0.114. The minimum atomic E-state index is 0.0584. The molecule has 0 bridgehead atoms. The third-order valence-electron chi connectivity index (χ3n) is 4.57. The summed E-state index contributed by atoms with van der Waals surface area (Å²) < 4.78 is 0. The fourth-order valence-electron chi connectivity index (χ4n) is 3.01. The molecule has 1 aliphatic carbocycles. The van der Waals surface area contributed by atoms with Crippen molar-refractivity contribution in [3.63, 3.8) is 0 Å². The van der Waals surface area contributed by atoms with E-state index < -0.39 is 0 Å². The Balaban J connectivity index is 1.88. The molecule has 0 saturated heterocycles. The first-order chi connectivity index (χ1) is 13.0. The summed E-state index contributed by atoms with van der Waals surface area (Å²) in [6, 6.07) is 13.6. The number of carbonyl (C=O) groups excluding carboxylic acids is 1. The first kappa shape index (κ1) is 19.0. The first-order valence-corrected chi connectivity index (χ1v) is 9.36. The molecule has 0 atom stereocenters. The van der Waals surface area contributed by atoms with Gasteiger partial charge >= 0.3 is 0 Å². The number of hydrogen-bond acceptors (Lipinski definition) is 4. The Kier molecular flexibility index (Phi) is 6.14. The molecule has 1 heterocycles. The second kappa shape index (κ2) is 8.73. The molecule has 3 rings (SSSR count). The van der Waals surface area contributed by atoms with E-state index in [4.69, 9.17) is 12.2 Å². The molecule has 0 fully saturated rings. The molecule has 2 aromatic rings. The van der Waals surface area contributed by atoms with Gasteiger partial charge in [0.25, 0.3) is 0 Å². The SMILES string of the molecule is CC(C)=C1CC(=O)C(C(=S)Nc2ccccc2)=C(NCc2ccncc2)C1. The Morgan fingerprint density at radius 2 is 1.78 bits per heavy atom. The summed E-state index contributed by atoms with van der Waals surface area (Å²) >= 11 is 5.59. The summed E-state index contributed by atoms with van der Waals surface area (Å²) in [5.74, 6) is 0.0584. The van der Waals surface area contributed by atoms with E-state index in [0.29, 0.717) is 29.9 Å². The predicted octanol–water partition coefficient (Wildman–Crippen LogP) is 4.56. The number of nitrogens with one attached hydrogen (secondary N) is 2. The molecule has 27 heavy (non-hydrogen) atoms. The van der Waals surface area contributed by atoms with Crippen molar-refractivity contribution in [1.29, 1.82) is 0 Å². The van der Waals surface area contributed by atoms with Crippen LogP contribution in [0.5, 0.6) is 0 Å². The van der Waals surface area contributed by atoms with Crippen LogP contribution >= 0.6 is 12.2 Å². The Morgan fingerprint density at radius 1 is 1.07 bits per heavy atom. The van der Waals surface area contributed by atoms with Gasteiger partial charge in [0.1, 0.15) is 4.99 Å². The van der Waals surface area contributed by atoms with Gasteiger partial charge < -0.3 is 10.6 Å². The average molecular weight is 378 g/mol. The zero-order valence-electron chi connectivity index (χ0n) is 15.6. The summed E-state index contributed by atoms with van der Waals surface area (Å²) in [6.07, 6.45) is 4.67. The molecule has 4 nitrogen and oxygen atoms in total. The Morgan fingerprint density at radius 3 is 2.44 bits per heavy atom. The quantitative estimate of drug-likeness (QED) is 0.591. The standard InChI is InChI=1S/C22H23N3OS/c1-15(2)17-12-19(24-14-16-8-10-23-11-9-16)21(20(26)13-17)22(27)25-18-6-4-3-5-7-18/h3-11,24H,12-14H2,1-2H3,(H,25,27). The number of anilines is 1. The lowest BCUT2D eigenvalue weighted by Gasteiger charge is -2.25. The molecular formula is C22H23N3OS. The topological polar surface area (TPSA) is 54.0 Å². The van der Waals surface area contributed by atoms with Gasteiger partial charge in [0.2, 0.25) is 0 Å². The minimum absolute atomic E-state index is 0.0584. The molecule has 0 amide bonds. The molecule has 0 saturated carbocycles. The van der Waals surface area contributed by atoms with Crippen molar-refractivity contribution in [2.24, 2.45) is 0 Å². The van der Waals surface area contributed by atoms with Crippen molar-refractivity contribution in [2.75, 3.05) is 5.32 Å². The van der Waals surface area contributed by atoms with Crippen molar-refractivity contribution >= 4 is 28.7 Å². The number of benzene rings is 1. The van der Waals surface area contributed by atoms with Crippen LogP contribution in [-0.2, 0) is 11.3 Å². The van der Waals surface area contributed by atoms with Crippen molar-refractivity contribution in [2.45, 2.75) is 33.2 Å². The van der Waals surface area contributed by atoms with Crippen molar-refractivity contribution < 1.29 is 4.79 Å². The van der Waals surface area contributed by atoms with E-state index in [2.05, 4.69) is 29.5 Å². The van der Waals surface area contributed by atoms with Crippen LogP contribution in [0.4, 0.5) is 5.69 Å². The van der Waals surface area contributed by atoms with Gasteiger partial charge in [0.05, 0.1) is 5.57 Å². The third-order valence-corrected chi connectivity index (χ3v) is 4.87. The van der Waals surface area contributed by atoms with E-state index >= 15 is 0 Å². The van der Waals surface area contributed by atoms with Gasteiger partial charge in [0.15, 0.2) is 5.78 Å². The van der Waals surface area contributed by atoms with Crippen LogP contribution in [0.2, 0.25) is 0 Å². The van der Waals surface area contributed by atoms with Crippen LogP contribution in [0, 0.1) is 0 Å². The normalized spacial score (nSPS) is 14.1. The zero-order valence-corrected chi connectivity index (χ0v) is 16.4. The Hall–Kier alpha value is -2.79. The number of hydrogen-bond donors (Lipinski definition) is 2. The number of rotatable bonds is 5. The summed E-state index contributed by atoms with van der Waals surface area (Å²) in [5.41, 5.74) is 5.80. The summed E-state index contributed by atoms with van der Waals surface area (Å²) in [4.78, 5) is 17.4. The van der Waals surface area contributed by atoms with Crippen molar-refractivity contribution in [3.05, 3.63) is 82.8 Å². The lowest BCUT2D eigenvalue weighted by Crippen LogP contribution is -2.30. The van der Waals surface area contributed by atoms with Gasteiger partial charge in [-0.05, 0) is 43.7 Å². The van der Waals surface area contributed by atoms with Gasteiger partial charge in [0, 0.05) is 43.2 Å². The predicted molar refractivity (Wildman–Crippen MR) is 113 cm³/mol. The van der Waals surface area contributed by atoms with E-state index in [-0.39, 0.29) is 5.78 Å². The Bertz CT molecular complexity index is 898. The van der Waals surface area contributed by atoms with Crippen LogP contribution in [0.25, 0.3) is 0 Å². The molecule has 1 aliphatic rings. The number of nitrogens with zero attached hydrogens (tertiary/aromatic N) is 1. The van der Waals surface area contributed by atoms with E-state index in [1.807, 2.05) is 42.5 Å². The fraction of sp³-hybridized carbons (Fsp3) is 0.227. The number of pyridine rings is 1. The minimum Gasteiger partial charge on any atom is -0.383 e. The number of Topliss-reactive ketones (excluding diaryl/α,β-unsaturated/α-hetero) is 1. The molecular weight excluding hydrogens is 354 g/mol. The van der Waals surface area contributed by atoms with Crippen molar-refractivity contribution in [3.8, 4) is 0 Å². The third kappa shape index (κ3) is 4.89. The second-order valence-corrected chi connectivity index (χ2v) is 7.17. The van der Waals surface area contributed by atoms with Gasteiger partial charge in [-0.15, -0.1) is 0 Å². The van der Waals surface area contributed by atoms with Crippen LogP contribution < -0.4 is 10.6 Å². The van der Waals surface area contributed by atoms with Gasteiger partial charge in [-0.2, -0.15) is 0 Å². The summed E-state index contributed by atoms with van der Waals surface area (Å²) in [7, 11) is 0. The van der Waals surface area contributed by atoms with E-state index in [0.717, 1.165) is 22.5 Å². The molecule has 0 aliphatic heterocycles. The van der Waals surface area contributed by atoms with E-state index in [1.165, 1.54) is 5.57 Å². The zero-order chi connectivity index (χ0) is 19.2. The van der Waals surface area contributed by atoms with E-state index in [1.54, 1.807) is 12.4 Å². The molecule has 0 radical (unpaired) electrons. The largest absolute Gasteiger partial charge is 0.383 e. The summed E-state index contributed by atoms with van der Waals surface area (Å²) in [6.45, 7) is 4.72. The maximum absolute atomic E-state index is 12.9. The van der Waals surface area contributed by atoms with Crippen LogP contribution in [0.1, 0.15) is 32.3 Å². The highest BCUT2D eigenvalue weighted by molar-refractivity contribution is 7.81. The first-order valence-electron chi connectivity index (χ1n) is 8.95. The number of carbonyl (C=O) groups is 1. The molecule has 5 heteroatoms. The Labute approximate surface area is 165 Å². The number of ketones is 1. The van der Waals surface area contributed by atoms with Crippen molar-refractivity contribution in [1.82, 2.24) is 10.3 Å². The monoisotopic (exact) mass is 377 g/mol. The highest BCUT2D eigenvalue weighted by atomic mass is 32.1. The molecule has 0 spiro atoms. The smallest absolute Gasteiger partial charge is 0.171 e. The van der Waals surface area contributed by atoms with Gasteiger partial charge in [-0.25, -0.2) is 0 Å². The van der Waals surface area contributed by atoms with Crippen LogP contribution in [-0.4, -0.2) is 15.8 Å². The second-order valence-electron chi connectivity index (χ2n) is 6.76. The highest BCUT2D eigenvalue weighted by Gasteiger charge is 2.27. The maximum Gasteiger partial charge on any atom is 0.171 e. The van der Waals surface area contributed by atoms with Crippen LogP contribution in [0.3, 0.4) is 0 Å². The van der Waals surface area contributed by atoms with E-state index in [9.17, 15) is 4.79 Å². The molecule has 138 valence electrons.